The van der Waals surface area contributed by atoms with Crippen LogP contribution in [0.3, 0.4) is 0 Å². The van der Waals surface area contributed by atoms with Crippen molar-refractivity contribution >= 4 is 100 Å². The third-order valence-corrected chi connectivity index (χ3v) is 8.43. The Bertz CT molecular complexity index is 1400. The number of anilines is 2. The topological polar surface area (TPSA) is 59.1 Å². The van der Waals surface area contributed by atoms with Crippen LogP contribution in [-0.4, -0.2) is 13.4 Å². The van der Waals surface area contributed by atoms with Crippen molar-refractivity contribution in [1.82, 2.24) is 4.98 Å². The van der Waals surface area contributed by atoms with Gasteiger partial charge in [-0.2, -0.15) is 0 Å². The molecule has 3 aromatic carbocycles. The average molecular weight is 553 g/mol. The van der Waals surface area contributed by atoms with Crippen LogP contribution in [0.4, 0.5) is 10.8 Å². The lowest BCUT2D eigenvalue weighted by atomic mass is 10.2. The molecule has 160 valence electrons. The third-order valence-electron chi connectivity index (χ3n) is 4.27. The Morgan fingerprint density at radius 1 is 0.839 bits per heavy atom. The van der Waals surface area contributed by atoms with Crippen LogP contribution < -0.4 is 5.32 Å². The highest BCUT2D eigenvalue weighted by Gasteiger charge is 2.21. The molecule has 11 heteroatoms. The Hall–Kier alpha value is -1.25. The number of thiazole rings is 1. The Morgan fingerprint density at radius 2 is 1.48 bits per heavy atom. The number of halogens is 5. The number of nitrogens with zero attached hydrogens (tertiary/aromatic N) is 1. The largest absolute Gasteiger partial charge is 0.329 e. The van der Waals surface area contributed by atoms with Gasteiger partial charge in [-0.05, 0) is 54.1 Å². The second-order valence-corrected chi connectivity index (χ2v) is 11.6. The van der Waals surface area contributed by atoms with E-state index < -0.39 is 9.84 Å². The molecule has 0 saturated heterocycles. The molecular formula is C20H11Cl5N2O2S2. The van der Waals surface area contributed by atoms with E-state index in [2.05, 4.69) is 10.3 Å². The molecule has 0 unspecified atom stereocenters. The fraction of sp³-hybridized carbons (Fsp3) is 0.0500. The van der Waals surface area contributed by atoms with Gasteiger partial charge in [-0.15, -0.1) is 0 Å². The number of fused-ring (bicyclic) bond motifs is 1. The highest BCUT2D eigenvalue weighted by molar-refractivity contribution is 7.90. The molecule has 0 radical (unpaired) electrons. The van der Waals surface area contributed by atoms with Crippen LogP contribution in [0.5, 0.6) is 0 Å². The first-order valence-corrected chi connectivity index (χ1v) is 13.0. The van der Waals surface area contributed by atoms with E-state index in [0.717, 1.165) is 10.2 Å². The summed E-state index contributed by atoms with van der Waals surface area (Å²) in [5.41, 5.74) is 1.63. The number of rotatable bonds is 5. The first-order chi connectivity index (χ1) is 14.6. The van der Waals surface area contributed by atoms with Crippen molar-refractivity contribution in [3.05, 3.63) is 79.2 Å². The van der Waals surface area contributed by atoms with Crippen LogP contribution in [0.25, 0.3) is 10.2 Å². The van der Waals surface area contributed by atoms with Crippen molar-refractivity contribution in [2.75, 3.05) is 5.32 Å². The zero-order valence-corrected chi connectivity index (χ0v) is 20.7. The van der Waals surface area contributed by atoms with Crippen molar-refractivity contribution in [3.8, 4) is 0 Å². The molecule has 0 fully saturated rings. The van der Waals surface area contributed by atoms with Crippen LogP contribution in [0.2, 0.25) is 25.1 Å². The molecule has 0 atom stereocenters. The van der Waals surface area contributed by atoms with Crippen molar-refractivity contribution < 1.29 is 8.42 Å². The lowest BCUT2D eigenvalue weighted by molar-refractivity contribution is 0.595. The molecule has 0 amide bonds. The molecule has 0 aliphatic carbocycles. The van der Waals surface area contributed by atoms with Gasteiger partial charge in [0.1, 0.15) is 0 Å². The normalized spacial score (nSPS) is 11.8. The third kappa shape index (κ3) is 5.06. The van der Waals surface area contributed by atoms with Crippen molar-refractivity contribution in [2.45, 2.75) is 10.6 Å². The molecule has 1 heterocycles. The fourth-order valence-electron chi connectivity index (χ4n) is 2.91. The first kappa shape index (κ1) is 22.9. The van der Waals surface area contributed by atoms with Crippen LogP contribution in [0.15, 0.2) is 53.4 Å². The molecule has 1 N–H and O–H groups in total. The molecule has 0 saturated carbocycles. The van der Waals surface area contributed by atoms with Crippen molar-refractivity contribution in [2.24, 2.45) is 0 Å². The smallest absolute Gasteiger partial charge is 0.188 e. The second-order valence-electron chi connectivity index (χ2n) is 6.52. The number of aromatic nitrogens is 1. The van der Waals surface area contributed by atoms with E-state index in [1.54, 1.807) is 18.2 Å². The van der Waals surface area contributed by atoms with Crippen LogP contribution in [0.1, 0.15) is 5.56 Å². The number of hydrogen-bond donors (Lipinski definition) is 1. The number of hydrogen-bond acceptors (Lipinski definition) is 5. The van der Waals surface area contributed by atoms with Gasteiger partial charge >= 0.3 is 0 Å². The summed E-state index contributed by atoms with van der Waals surface area (Å²) in [6.07, 6.45) is 0. The summed E-state index contributed by atoms with van der Waals surface area (Å²) in [6.45, 7) is 0. The number of benzene rings is 3. The highest BCUT2D eigenvalue weighted by Crippen LogP contribution is 2.38. The molecule has 4 rings (SSSR count). The van der Waals surface area contributed by atoms with Crippen molar-refractivity contribution in [1.29, 1.82) is 0 Å². The summed E-state index contributed by atoms with van der Waals surface area (Å²) in [5, 5.41) is 5.22. The summed E-state index contributed by atoms with van der Waals surface area (Å²) < 4.78 is 26.5. The Labute approximate surface area is 207 Å². The lowest BCUT2D eigenvalue weighted by Gasteiger charge is -2.12. The molecule has 0 aliphatic rings. The minimum Gasteiger partial charge on any atom is -0.329 e. The predicted molar refractivity (Wildman–Crippen MR) is 132 cm³/mol. The first-order valence-electron chi connectivity index (χ1n) is 8.61. The van der Waals surface area contributed by atoms with Gasteiger partial charge in [-0.25, -0.2) is 13.4 Å². The standard InChI is InChI=1S/C20H11Cl5N2O2S2/c21-11-2-4-18(13(23)7-11)31(28,29)9-10-5-14(24)19(15(25)6-10)27-20-26-16-3-1-12(22)8-17(16)30-20/h1-8H,9H2,(H,26,27). The number of sulfone groups is 1. The SMILES string of the molecule is O=S(=O)(Cc1cc(Cl)c(Nc2nc3ccc(Cl)cc3s2)c(Cl)c1)c1ccc(Cl)cc1Cl. The van der Waals surface area contributed by atoms with E-state index in [4.69, 9.17) is 58.0 Å². The summed E-state index contributed by atoms with van der Waals surface area (Å²) in [6, 6.07) is 12.7. The van der Waals surface area contributed by atoms with Gasteiger partial charge in [0.15, 0.2) is 15.0 Å². The summed E-state index contributed by atoms with van der Waals surface area (Å²) in [7, 11) is -3.74. The molecular weight excluding hydrogens is 542 g/mol. The van der Waals surface area contributed by atoms with Crippen molar-refractivity contribution in [3.63, 3.8) is 0 Å². The van der Waals surface area contributed by atoms with Gasteiger partial charge in [-0.1, -0.05) is 69.3 Å². The van der Waals surface area contributed by atoms with Crippen LogP contribution in [0, 0.1) is 0 Å². The maximum absolute atomic E-state index is 12.8. The van der Waals surface area contributed by atoms with E-state index in [9.17, 15) is 8.42 Å². The summed E-state index contributed by atoms with van der Waals surface area (Å²) >= 11 is 32.1. The van der Waals surface area contributed by atoms with Gasteiger partial charge in [0, 0.05) is 10.0 Å². The molecule has 0 aliphatic heterocycles. The fourth-order valence-corrected chi connectivity index (χ4v) is 6.84. The molecule has 4 nitrogen and oxygen atoms in total. The Morgan fingerprint density at radius 3 is 2.16 bits per heavy atom. The maximum Gasteiger partial charge on any atom is 0.188 e. The van der Waals surface area contributed by atoms with E-state index in [1.165, 1.54) is 29.5 Å². The quantitative estimate of drug-likeness (QED) is 0.271. The van der Waals surface area contributed by atoms with Gasteiger partial charge in [0.25, 0.3) is 0 Å². The lowest BCUT2D eigenvalue weighted by Crippen LogP contribution is -2.06. The zero-order valence-electron chi connectivity index (χ0n) is 15.3. The van der Waals surface area contributed by atoms with E-state index in [-0.39, 0.29) is 25.7 Å². The zero-order chi connectivity index (χ0) is 22.3. The Kier molecular flexibility index (Phi) is 6.62. The maximum atomic E-state index is 12.8. The molecule has 0 spiro atoms. The van der Waals surface area contributed by atoms with Crippen LogP contribution >= 0.6 is 69.3 Å². The van der Waals surface area contributed by atoms with E-state index in [1.807, 2.05) is 12.1 Å². The molecule has 0 bridgehead atoms. The van der Waals surface area contributed by atoms with Gasteiger partial charge < -0.3 is 5.32 Å². The average Bonchev–Trinajstić information content (AvgIpc) is 3.05. The summed E-state index contributed by atoms with van der Waals surface area (Å²) in [5.74, 6) is -0.326. The highest BCUT2D eigenvalue weighted by atomic mass is 35.5. The molecule has 4 aromatic rings. The molecule has 31 heavy (non-hydrogen) atoms. The minimum atomic E-state index is -3.74. The van der Waals surface area contributed by atoms with Gasteiger partial charge in [0.2, 0.25) is 0 Å². The van der Waals surface area contributed by atoms with Gasteiger partial charge in [-0.3, -0.25) is 0 Å². The van der Waals surface area contributed by atoms with E-state index in [0.29, 0.717) is 26.4 Å². The van der Waals surface area contributed by atoms with Crippen LogP contribution in [-0.2, 0) is 15.6 Å². The monoisotopic (exact) mass is 550 g/mol. The van der Waals surface area contributed by atoms with Gasteiger partial charge in [0.05, 0.1) is 41.6 Å². The predicted octanol–water partition coefficient (Wildman–Crippen LogP) is 8.28. The minimum absolute atomic E-state index is 0.0128. The summed E-state index contributed by atoms with van der Waals surface area (Å²) in [4.78, 5) is 4.47. The molecule has 1 aromatic heterocycles. The Balaban J connectivity index is 1.62. The number of nitrogens with one attached hydrogen (secondary N) is 1. The van der Waals surface area contributed by atoms with E-state index >= 15 is 0 Å². The second kappa shape index (κ2) is 8.94.